The SMILES string of the molecule is COCCCN1CCCC2CNCC21. The number of nitrogens with one attached hydrogen (secondary N) is 1. The van der Waals surface area contributed by atoms with Crippen LogP contribution in [-0.2, 0) is 4.74 Å². The van der Waals surface area contributed by atoms with Crippen LogP contribution in [0.5, 0.6) is 0 Å². The molecule has 1 N–H and O–H groups in total. The van der Waals surface area contributed by atoms with Gasteiger partial charge in [0.1, 0.15) is 0 Å². The molecule has 2 aliphatic rings. The summed E-state index contributed by atoms with van der Waals surface area (Å²) in [5.41, 5.74) is 0. The third-order valence-corrected chi connectivity index (χ3v) is 3.59. The zero-order valence-corrected chi connectivity index (χ0v) is 9.17. The molecule has 2 rings (SSSR count). The third kappa shape index (κ3) is 2.27. The van der Waals surface area contributed by atoms with Crippen molar-refractivity contribution in [3.05, 3.63) is 0 Å². The predicted octanol–water partition coefficient (Wildman–Crippen LogP) is 0.707. The number of piperidine rings is 1. The van der Waals surface area contributed by atoms with Crippen molar-refractivity contribution >= 4 is 0 Å². The predicted molar refractivity (Wildman–Crippen MR) is 57.4 cm³/mol. The van der Waals surface area contributed by atoms with Crippen molar-refractivity contribution in [2.75, 3.05) is 39.9 Å². The highest BCUT2D eigenvalue weighted by Crippen LogP contribution is 2.26. The molecule has 0 saturated carbocycles. The van der Waals surface area contributed by atoms with E-state index in [4.69, 9.17) is 4.74 Å². The fourth-order valence-corrected chi connectivity index (χ4v) is 2.85. The maximum Gasteiger partial charge on any atom is 0.0474 e. The summed E-state index contributed by atoms with van der Waals surface area (Å²) < 4.78 is 5.10. The second kappa shape index (κ2) is 5.10. The number of hydrogen-bond donors (Lipinski definition) is 1. The first-order valence-corrected chi connectivity index (χ1v) is 5.85. The summed E-state index contributed by atoms with van der Waals surface area (Å²) in [4.78, 5) is 2.66. The first kappa shape index (κ1) is 10.4. The van der Waals surface area contributed by atoms with Gasteiger partial charge in [-0.25, -0.2) is 0 Å². The van der Waals surface area contributed by atoms with Gasteiger partial charge in [0.25, 0.3) is 0 Å². The molecular weight excluding hydrogens is 176 g/mol. The number of fused-ring (bicyclic) bond motifs is 1. The largest absolute Gasteiger partial charge is 0.385 e. The number of hydrogen-bond acceptors (Lipinski definition) is 3. The number of methoxy groups -OCH3 is 1. The van der Waals surface area contributed by atoms with Gasteiger partial charge in [0.2, 0.25) is 0 Å². The molecule has 0 aromatic carbocycles. The van der Waals surface area contributed by atoms with E-state index in [2.05, 4.69) is 10.2 Å². The highest BCUT2D eigenvalue weighted by Gasteiger charge is 2.34. The Balaban J connectivity index is 1.78. The molecule has 2 unspecified atom stereocenters. The van der Waals surface area contributed by atoms with Crippen LogP contribution in [0.2, 0.25) is 0 Å². The lowest BCUT2D eigenvalue weighted by Crippen LogP contribution is -2.45. The van der Waals surface area contributed by atoms with E-state index in [9.17, 15) is 0 Å². The van der Waals surface area contributed by atoms with Crippen LogP contribution in [-0.4, -0.2) is 50.8 Å². The van der Waals surface area contributed by atoms with Crippen molar-refractivity contribution in [2.24, 2.45) is 5.92 Å². The lowest BCUT2D eigenvalue weighted by atomic mass is 9.92. The van der Waals surface area contributed by atoms with Crippen LogP contribution in [0, 0.1) is 5.92 Å². The Labute approximate surface area is 86.8 Å². The van der Waals surface area contributed by atoms with Crippen molar-refractivity contribution in [1.82, 2.24) is 10.2 Å². The van der Waals surface area contributed by atoms with Gasteiger partial charge in [-0.05, 0) is 38.3 Å². The van der Waals surface area contributed by atoms with Crippen LogP contribution in [0.25, 0.3) is 0 Å². The van der Waals surface area contributed by atoms with E-state index < -0.39 is 0 Å². The van der Waals surface area contributed by atoms with Gasteiger partial charge in [-0.2, -0.15) is 0 Å². The number of ether oxygens (including phenoxy) is 1. The Hall–Kier alpha value is -0.120. The van der Waals surface area contributed by atoms with Gasteiger partial charge >= 0.3 is 0 Å². The minimum Gasteiger partial charge on any atom is -0.385 e. The Bertz CT molecular complexity index is 175. The van der Waals surface area contributed by atoms with Crippen molar-refractivity contribution in [1.29, 1.82) is 0 Å². The Morgan fingerprint density at radius 2 is 2.36 bits per heavy atom. The minimum atomic E-state index is 0.820. The first-order chi connectivity index (χ1) is 6.92. The molecule has 0 aromatic heterocycles. The highest BCUT2D eigenvalue weighted by atomic mass is 16.5. The Morgan fingerprint density at radius 1 is 1.43 bits per heavy atom. The van der Waals surface area contributed by atoms with Crippen LogP contribution in [0.15, 0.2) is 0 Å². The molecular formula is C11H22N2O. The monoisotopic (exact) mass is 198 g/mol. The van der Waals surface area contributed by atoms with Crippen LogP contribution in [0.3, 0.4) is 0 Å². The zero-order valence-electron chi connectivity index (χ0n) is 9.17. The van der Waals surface area contributed by atoms with Gasteiger partial charge in [0.05, 0.1) is 0 Å². The summed E-state index contributed by atoms with van der Waals surface area (Å²) in [7, 11) is 1.79. The molecule has 2 fully saturated rings. The maximum atomic E-state index is 5.10. The summed E-state index contributed by atoms with van der Waals surface area (Å²) in [6.07, 6.45) is 3.99. The van der Waals surface area contributed by atoms with Gasteiger partial charge < -0.3 is 10.1 Å². The average Bonchev–Trinajstić information content (AvgIpc) is 2.67. The molecule has 3 nitrogen and oxygen atoms in total. The van der Waals surface area contributed by atoms with Gasteiger partial charge in [-0.15, -0.1) is 0 Å². The molecule has 0 amide bonds. The quantitative estimate of drug-likeness (QED) is 0.673. The Kier molecular flexibility index (Phi) is 3.79. The number of likely N-dealkylation sites (tertiary alicyclic amines) is 1. The molecule has 82 valence electrons. The van der Waals surface area contributed by atoms with E-state index in [0.29, 0.717) is 0 Å². The highest BCUT2D eigenvalue weighted by molar-refractivity contribution is 4.91. The van der Waals surface area contributed by atoms with Crippen LogP contribution < -0.4 is 5.32 Å². The fourth-order valence-electron chi connectivity index (χ4n) is 2.85. The van der Waals surface area contributed by atoms with Gasteiger partial charge in [0, 0.05) is 32.8 Å². The molecule has 3 heteroatoms. The molecule has 0 aromatic rings. The topological polar surface area (TPSA) is 24.5 Å². The number of rotatable bonds is 4. The molecule has 0 radical (unpaired) electrons. The van der Waals surface area contributed by atoms with E-state index in [0.717, 1.165) is 18.6 Å². The molecule has 2 aliphatic heterocycles. The molecule has 2 atom stereocenters. The van der Waals surface area contributed by atoms with Crippen molar-refractivity contribution < 1.29 is 4.74 Å². The molecule has 0 bridgehead atoms. The summed E-state index contributed by atoms with van der Waals surface area (Å²) >= 11 is 0. The third-order valence-electron chi connectivity index (χ3n) is 3.59. The molecule has 0 spiro atoms. The van der Waals surface area contributed by atoms with Crippen LogP contribution >= 0.6 is 0 Å². The lowest BCUT2D eigenvalue weighted by molar-refractivity contribution is 0.106. The first-order valence-electron chi connectivity index (χ1n) is 5.85. The normalized spacial score (nSPS) is 33.2. The lowest BCUT2D eigenvalue weighted by Gasteiger charge is -2.36. The van der Waals surface area contributed by atoms with Crippen molar-refractivity contribution in [3.63, 3.8) is 0 Å². The van der Waals surface area contributed by atoms with Crippen LogP contribution in [0.1, 0.15) is 19.3 Å². The summed E-state index contributed by atoms with van der Waals surface area (Å²) in [6.45, 7) is 5.87. The number of nitrogens with zero attached hydrogens (tertiary/aromatic N) is 1. The van der Waals surface area contributed by atoms with E-state index in [1.54, 1.807) is 7.11 Å². The Morgan fingerprint density at radius 3 is 3.21 bits per heavy atom. The van der Waals surface area contributed by atoms with Gasteiger partial charge in [-0.3, -0.25) is 4.90 Å². The standard InChI is InChI=1S/C11H22N2O/c1-14-7-3-6-13-5-2-4-10-8-12-9-11(10)13/h10-12H,2-9H2,1H3. The van der Waals surface area contributed by atoms with E-state index in [1.807, 2.05) is 0 Å². The summed E-state index contributed by atoms with van der Waals surface area (Å²) in [5.74, 6) is 0.922. The maximum absolute atomic E-state index is 5.10. The summed E-state index contributed by atoms with van der Waals surface area (Å²) in [5, 5.41) is 3.51. The van der Waals surface area contributed by atoms with Crippen LogP contribution in [0.4, 0.5) is 0 Å². The van der Waals surface area contributed by atoms with E-state index >= 15 is 0 Å². The van der Waals surface area contributed by atoms with E-state index in [1.165, 1.54) is 45.4 Å². The van der Waals surface area contributed by atoms with Crippen molar-refractivity contribution in [2.45, 2.75) is 25.3 Å². The molecule has 0 aliphatic carbocycles. The second-order valence-corrected chi connectivity index (χ2v) is 4.51. The smallest absolute Gasteiger partial charge is 0.0474 e. The van der Waals surface area contributed by atoms with Gasteiger partial charge in [0.15, 0.2) is 0 Å². The second-order valence-electron chi connectivity index (χ2n) is 4.51. The van der Waals surface area contributed by atoms with Gasteiger partial charge in [-0.1, -0.05) is 0 Å². The molecule has 14 heavy (non-hydrogen) atoms. The average molecular weight is 198 g/mol. The van der Waals surface area contributed by atoms with Crippen molar-refractivity contribution in [3.8, 4) is 0 Å². The fraction of sp³-hybridized carbons (Fsp3) is 1.00. The summed E-state index contributed by atoms with van der Waals surface area (Å²) in [6, 6.07) is 0.820. The minimum absolute atomic E-state index is 0.820. The zero-order chi connectivity index (χ0) is 9.80. The molecule has 2 heterocycles. The molecule has 2 saturated heterocycles. The van der Waals surface area contributed by atoms with E-state index in [-0.39, 0.29) is 0 Å².